The van der Waals surface area contributed by atoms with Crippen molar-refractivity contribution in [3.63, 3.8) is 0 Å². The maximum absolute atomic E-state index is 11.9. The molecule has 3 heterocycles. The molecule has 1 amide bonds. The van der Waals surface area contributed by atoms with Gasteiger partial charge < -0.3 is 9.32 Å². The molecular formula is C16H25N3O2. The van der Waals surface area contributed by atoms with Crippen LogP contribution in [0.1, 0.15) is 24.8 Å². The summed E-state index contributed by atoms with van der Waals surface area (Å²) in [6.07, 6.45) is 7.15. The van der Waals surface area contributed by atoms with Crippen LogP contribution in [0.4, 0.5) is 0 Å². The fourth-order valence-electron chi connectivity index (χ4n) is 3.47. The van der Waals surface area contributed by atoms with Gasteiger partial charge >= 0.3 is 0 Å². The van der Waals surface area contributed by atoms with E-state index in [0.29, 0.717) is 12.1 Å². The van der Waals surface area contributed by atoms with Gasteiger partial charge in [0.2, 0.25) is 5.91 Å². The molecule has 0 unspecified atom stereocenters. The molecule has 0 bridgehead atoms. The van der Waals surface area contributed by atoms with Crippen LogP contribution in [0.5, 0.6) is 0 Å². The lowest BCUT2D eigenvalue weighted by atomic mass is 9.76. The molecule has 21 heavy (non-hydrogen) atoms. The number of amides is 1. The van der Waals surface area contributed by atoms with E-state index in [9.17, 15) is 4.79 Å². The number of hydrogen-bond donors (Lipinski definition) is 0. The van der Waals surface area contributed by atoms with Gasteiger partial charge in [0.15, 0.2) is 0 Å². The molecule has 0 N–H and O–H groups in total. The Bertz CT molecular complexity index is 476. The summed E-state index contributed by atoms with van der Waals surface area (Å²) in [5.74, 6) is 0.218. The maximum atomic E-state index is 11.9. The number of rotatable bonds is 4. The largest absolute Gasteiger partial charge is 0.472 e. The third-order valence-corrected chi connectivity index (χ3v) is 5.12. The molecule has 0 aliphatic carbocycles. The zero-order valence-electron chi connectivity index (χ0n) is 13.0. The molecule has 1 spiro atoms. The molecule has 5 heteroatoms. The van der Waals surface area contributed by atoms with Crippen LogP contribution in [0.15, 0.2) is 23.0 Å². The number of piperidine rings is 1. The number of carbonyl (C=O) groups is 1. The molecule has 5 nitrogen and oxygen atoms in total. The van der Waals surface area contributed by atoms with Crippen LogP contribution in [0.25, 0.3) is 0 Å². The first-order valence-corrected chi connectivity index (χ1v) is 7.78. The number of likely N-dealkylation sites (N-methyl/N-ethyl adjacent to an activating group) is 1. The van der Waals surface area contributed by atoms with E-state index in [4.69, 9.17) is 4.42 Å². The van der Waals surface area contributed by atoms with E-state index < -0.39 is 0 Å². The molecule has 2 aliphatic rings. The van der Waals surface area contributed by atoms with Crippen molar-refractivity contribution in [1.29, 1.82) is 0 Å². The van der Waals surface area contributed by atoms with Gasteiger partial charge in [0.1, 0.15) is 0 Å². The quantitative estimate of drug-likeness (QED) is 0.841. The number of furan rings is 1. The third kappa shape index (κ3) is 2.99. The predicted molar refractivity (Wildman–Crippen MR) is 80.8 cm³/mol. The second kappa shape index (κ2) is 5.81. The van der Waals surface area contributed by atoms with Crippen LogP contribution in [0, 0.1) is 0 Å². The number of nitrogens with zero attached hydrogens (tertiary/aromatic N) is 3. The molecule has 1 aromatic rings. The monoisotopic (exact) mass is 291 g/mol. The minimum absolute atomic E-state index is 0.218. The molecule has 0 aromatic carbocycles. The summed E-state index contributed by atoms with van der Waals surface area (Å²) in [6, 6.07) is 2.04. The Morgan fingerprint density at radius 3 is 2.52 bits per heavy atom. The summed E-state index contributed by atoms with van der Waals surface area (Å²) in [6.45, 7) is 4.84. The zero-order valence-corrected chi connectivity index (χ0v) is 13.0. The molecule has 2 saturated heterocycles. The smallest absolute Gasteiger partial charge is 0.236 e. The van der Waals surface area contributed by atoms with Gasteiger partial charge in [-0.25, -0.2) is 0 Å². The summed E-state index contributed by atoms with van der Waals surface area (Å²) in [5.41, 5.74) is 1.54. The number of likely N-dealkylation sites (tertiary alicyclic amines) is 2. The van der Waals surface area contributed by atoms with Crippen LogP contribution < -0.4 is 0 Å². The first-order valence-electron chi connectivity index (χ1n) is 7.78. The Morgan fingerprint density at radius 2 is 2.00 bits per heavy atom. The topological polar surface area (TPSA) is 39.9 Å². The highest BCUT2D eigenvalue weighted by atomic mass is 16.3. The molecule has 2 aliphatic heterocycles. The second-order valence-electron chi connectivity index (χ2n) is 6.59. The third-order valence-electron chi connectivity index (χ3n) is 5.12. The lowest BCUT2D eigenvalue weighted by molar-refractivity contribution is -0.137. The van der Waals surface area contributed by atoms with Crippen LogP contribution in [-0.2, 0) is 11.3 Å². The van der Waals surface area contributed by atoms with Gasteiger partial charge in [-0.2, -0.15) is 0 Å². The molecule has 1 aromatic heterocycles. The summed E-state index contributed by atoms with van der Waals surface area (Å²) in [5, 5.41) is 0. The van der Waals surface area contributed by atoms with Crippen molar-refractivity contribution in [2.75, 3.05) is 40.3 Å². The van der Waals surface area contributed by atoms with Crippen molar-refractivity contribution >= 4 is 5.91 Å². The summed E-state index contributed by atoms with van der Waals surface area (Å²) >= 11 is 0. The van der Waals surface area contributed by atoms with E-state index in [1.165, 1.54) is 24.8 Å². The maximum Gasteiger partial charge on any atom is 0.236 e. The van der Waals surface area contributed by atoms with Gasteiger partial charge in [-0.1, -0.05) is 0 Å². The van der Waals surface area contributed by atoms with Gasteiger partial charge in [0.25, 0.3) is 0 Å². The predicted octanol–water partition coefficient (Wildman–Crippen LogP) is 1.41. The summed E-state index contributed by atoms with van der Waals surface area (Å²) in [4.78, 5) is 18.5. The number of carbonyl (C=O) groups excluding carboxylic acids is 1. The van der Waals surface area contributed by atoms with Crippen molar-refractivity contribution in [2.24, 2.45) is 0 Å². The van der Waals surface area contributed by atoms with Gasteiger partial charge in [0.05, 0.1) is 19.1 Å². The average Bonchev–Trinajstić information content (AvgIpc) is 2.97. The molecule has 3 rings (SSSR count). The Labute approximate surface area is 126 Å². The van der Waals surface area contributed by atoms with Crippen molar-refractivity contribution < 1.29 is 9.21 Å². The first kappa shape index (κ1) is 14.6. The Hall–Kier alpha value is -1.33. The van der Waals surface area contributed by atoms with E-state index in [2.05, 4.69) is 9.80 Å². The van der Waals surface area contributed by atoms with Crippen molar-refractivity contribution in [2.45, 2.75) is 31.3 Å². The van der Waals surface area contributed by atoms with Crippen molar-refractivity contribution in [3.05, 3.63) is 24.2 Å². The van der Waals surface area contributed by atoms with Crippen LogP contribution in [0.2, 0.25) is 0 Å². The van der Waals surface area contributed by atoms with Gasteiger partial charge in [-0.05, 0) is 25.3 Å². The van der Waals surface area contributed by atoms with E-state index in [1.807, 2.05) is 26.4 Å². The Morgan fingerprint density at radius 1 is 1.29 bits per heavy atom. The van der Waals surface area contributed by atoms with Crippen LogP contribution in [0.3, 0.4) is 0 Å². The highest BCUT2D eigenvalue weighted by molar-refractivity contribution is 5.77. The van der Waals surface area contributed by atoms with E-state index in [0.717, 1.165) is 26.2 Å². The Balaban J connectivity index is 1.51. The summed E-state index contributed by atoms with van der Waals surface area (Å²) in [7, 11) is 3.67. The molecule has 0 atom stereocenters. The van der Waals surface area contributed by atoms with Gasteiger partial charge in [-0.3, -0.25) is 14.6 Å². The van der Waals surface area contributed by atoms with E-state index >= 15 is 0 Å². The normalized spacial score (nSPS) is 22.2. The molecule has 0 saturated carbocycles. The molecule has 116 valence electrons. The van der Waals surface area contributed by atoms with Crippen molar-refractivity contribution in [3.8, 4) is 0 Å². The van der Waals surface area contributed by atoms with Crippen molar-refractivity contribution in [1.82, 2.24) is 14.7 Å². The minimum Gasteiger partial charge on any atom is -0.472 e. The highest BCUT2D eigenvalue weighted by Crippen LogP contribution is 2.39. The fourth-order valence-corrected chi connectivity index (χ4v) is 3.47. The SMILES string of the molecule is CN(C)C(=O)CN1CCC12CCN(Cc1ccoc1)CC2. The second-order valence-corrected chi connectivity index (χ2v) is 6.59. The molecular weight excluding hydrogens is 266 g/mol. The lowest BCUT2D eigenvalue weighted by Crippen LogP contribution is -2.65. The molecule has 0 radical (unpaired) electrons. The fraction of sp³-hybridized carbons (Fsp3) is 0.688. The summed E-state index contributed by atoms with van der Waals surface area (Å²) < 4.78 is 5.14. The van der Waals surface area contributed by atoms with E-state index in [1.54, 1.807) is 11.2 Å². The lowest BCUT2D eigenvalue weighted by Gasteiger charge is -2.56. The average molecular weight is 291 g/mol. The van der Waals surface area contributed by atoms with Gasteiger partial charge in [-0.15, -0.1) is 0 Å². The highest BCUT2D eigenvalue weighted by Gasteiger charge is 2.46. The van der Waals surface area contributed by atoms with Gasteiger partial charge in [0, 0.05) is 51.4 Å². The zero-order chi connectivity index (χ0) is 14.9. The number of hydrogen-bond acceptors (Lipinski definition) is 4. The minimum atomic E-state index is 0.218. The van der Waals surface area contributed by atoms with Crippen LogP contribution >= 0.6 is 0 Å². The molecule has 2 fully saturated rings. The van der Waals surface area contributed by atoms with Crippen LogP contribution in [-0.4, -0.2) is 66.4 Å². The Kier molecular flexibility index (Phi) is 4.04. The standard InChI is InChI=1S/C16H25N3O2/c1-17(2)15(20)12-19-9-6-16(19)4-7-18(8-5-16)11-14-3-10-21-13-14/h3,10,13H,4-9,11-12H2,1-2H3. The van der Waals surface area contributed by atoms with E-state index in [-0.39, 0.29) is 5.91 Å². The first-order chi connectivity index (χ1) is 10.1.